The second-order valence-corrected chi connectivity index (χ2v) is 3.64. The van der Waals surface area contributed by atoms with E-state index in [4.69, 9.17) is 9.47 Å². The normalized spacial score (nSPS) is 10.5. The third-order valence-corrected chi connectivity index (χ3v) is 2.12. The van der Waals surface area contributed by atoms with E-state index < -0.39 is 0 Å². The third kappa shape index (κ3) is 3.44. The molecule has 0 heterocycles. The molecule has 0 saturated heterocycles. The number of benzene rings is 1. The maximum Gasteiger partial charge on any atom is 0.142 e. The van der Waals surface area contributed by atoms with Crippen molar-refractivity contribution >= 4 is 5.69 Å². The highest BCUT2D eigenvalue weighted by Crippen LogP contribution is 2.25. The lowest BCUT2D eigenvalue weighted by Gasteiger charge is -2.11. The van der Waals surface area contributed by atoms with E-state index in [0.29, 0.717) is 6.61 Å². The Morgan fingerprint density at radius 2 is 2.07 bits per heavy atom. The topological polar surface area (TPSA) is 30.5 Å². The van der Waals surface area contributed by atoms with Crippen LogP contribution in [-0.4, -0.2) is 20.3 Å². The van der Waals surface area contributed by atoms with Gasteiger partial charge in [-0.2, -0.15) is 0 Å². The number of ether oxygens (including phenoxy) is 2. The zero-order valence-corrected chi connectivity index (χ0v) is 9.83. The fourth-order valence-corrected chi connectivity index (χ4v) is 1.29. The molecule has 1 aromatic carbocycles. The first-order valence-electron chi connectivity index (χ1n) is 5.13. The molecule has 1 rings (SSSR count). The molecule has 0 saturated carbocycles. The van der Waals surface area contributed by atoms with E-state index >= 15 is 0 Å². The number of hydrogen-bond donors (Lipinski definition) is 1. The highest BCUT2D eigenvalue weighted by molar-refractivity contribution is 5.57. The molecule has 0 amide bonds. The summed E-state index contributed by atoms with van der Waals surface area (Å²) in [7, 11) is 3.55. The zero-order valence-electron chi connectivity index (χ0n) is 9.83. The van der Waals surface area contributed by atoms with Gasteiger partial charge in [0.1, 0.15) is 5.75 Å². The second kappa shape index (κ2) is 5.61. The molecule has 0 atom stereocenters. The Bertz CT molecular complexity index is 310. The molecule has 0 aromatic heterocycles. The van der Waals surface area contributed by atoms with Gasteiger partial charge in [-0.15, -0.1) is 0 Å². The summed E-state index contributed by atoms with van der Waals surface area (Å²) in [6.45, 7) is 4.68. The molecule has 0 unspecified atom stereocenters. The molecular weight excluding hydrogens is 190 g/mol. The Labute approximate surface area is 91.4 Å². The van der Waals surface area contributed by atoms with Crippen molar-refractivity contribution in [2.75, 3.05) is 19.5 Å². The molecule has 3 nitrogen and oxygen atoms in total. The zero-order chi connectivity index (χ0) is 11.3. The Kier molecular flexibility index (Phi) is 4.43. The average Bonchev–Trinajstić information content (AvgIpc) is 2.25. The summed E-state index contributed by atoms with van der Waals surface area (Å²) in [5.41, 5.74) is 2.12. The predicted molar refractivity (Wildman–Crippen MR) is 62.5 cm³/mol. The monoisotopic (exact) mass is 209 g/mol. The van der Waals surface area contributed by atoms with Crippen LogP contribution in [0.2, 0.25) is 0 Å². The summed E-state index contributed by atoms with van der Waals surface area (Å²) >= 11 is 0. The van der Waals surface area contributed by atoms with Crippen LogP contribution in [0, 0.1) is 0 Å². The molecule has 1 aromatic rings. The van der Waals surface area contributed by atoms with Crippen LogP contribution in [0.1, 0.15) is 19.4 Å². The van der Waals surface area contributed by atoms with Crippen molar-refractivity contribution in [1.82, 2.24) is 0 Å². The highest BCUT2D eigenvalue weighted by atomic mass is 16.5. The lowest BCUT2D eigenvalue weighted by atomic mass is 10.2. The lowest BCUT2D eigenvalue weighted by Crippen LogP contribution is -2.03. The van der Waals surface area contributed by atoms with Crippen LogP contribution in [-0.2, 0) is 11.3 Å². The SMILES string of the molecule is CNc1ccc(COC(C)C)cc1OC. The standard InChI is InChI=1S/C12H19NO2/c1-9(2)15-8-10-5-6-11(13-3)12(7-10)14-4/h5-7,9,13H,8H2,1-4H3. The van der Waals surface area contributed by atoms with E-state index in [0.717, 1.165) is 17.0 Å². The van der Waals surface area contributed by atoms with Gasteiger partial charge in [0.2, 0.25) is 0 Å². The molecular formula is C12H19NO2. The van der Waals surface area contributed by atoms with E-state index in [9.17, 15) is 0 Å². The number of rotatable bonds is 5. The van der Waals surface area contributed by atoms with E-state index in [-0.39, 0.29) is 6.10 Å². The molecule has 0 spiro atoms. The van der Waals surface area contributed by atoms with Crippen LogP contribution in [0.3, 0.4) is 0 Å². The Balaban J connectivity index is 2.74. The number of methoxy groups -OCH3 is 1. The van der Waals surface area contributed by atoms with Crippen LogP contribution in [0.15, 0.2) is 18.2 Å². The van der Waals surface area contributed by atoms with Crippen LogP contribution >= 0.6 is 0 Å². The summed E-state index contributed by atoms with van der Waals surface area (Å²) in [4.78, 5) is 0. The van der Waals surface area contributed by atoms with Gasteiger partial charge in [-0.25, -0.2) is 0 Å². The van der Waals surface area contributed by atoms with Crippen molar-refractivity contribution in [2.24, 2.45) is 0 Å². The first-order chi connectivity index (χ1) is 7.17. The molecule has 0 radical (unpaired) electrons. The van der Waals surface area contributed by atoms with Crippen LogP contribution < -0.4 is 10.1 Å². The van der Waals surface area contributed by atoms with Gasteiger partial charge in [0.05, 0.1) is 25.5 Å². The van der Waals surface area contributed by atoms with Gasteiger partial charge < -0.3 is 14.8 Å². The van der Waals surface area contributed by atoms with Gasteiger partial charge in [-0.1, -0.05) is 6.07 Å². The molecule has 0 aliphatic carbocycles. The van der Waals surface area contributed by atoms with Gasteiger partial charge >= 0.3 is 0 Å². The van der Waals surface area contributed by atoms with E-state index in [1.165, 1.54) is 0 Å². The molecule has 0 fully saturated rings. The minimum absolute atomic E-state index is 0.250. The Morgan fingerprint density at radius 1 is 1.33 bits per heavy atom. The van der Waals surface area contributed by atoms with Gasteiger partial charge in [0, 0.05) is 7.05 Å². The van der Waals surface area contributed by atoms with Gasteiger partial charge in [0.25, 0.3) is 0 Å². The first-order valence-corrected chi connectivity index (χ1v) is 5.13. The Hall–Kier alpha value is -1.22. The summed E-state index contributed by atoms with van der Waals surface area (Å²) < 4.78 is 10.8. The van der Waals surface area contributed by atoms with E-state index in [2.05, 4.69) is 5.32 Å². The molecule has 0 bridgehead atoms. The highest BCUT2D eigenvalue weighted by Gasteiger charge is 2.03. The summed E-state index contributed by atoms with van der Waals surface area (Å²) in [5.74, 6) is 0.849. The number of nitrogens with one attached hydrogen (secondary N) is 1. The van der Waals surface area contributed by atoms with Gasteiger partial charge in [0.15, 0.2) is 0 Å². The summed E-state index contributed by atoms with van der Waals surface area (Å²) in [5, 5.41) is 3.07. The van der Waals surface area contributed by atoms with E-state index in [1.54, 1.807) is 7.11 Å². The fourth-order valence-electron chi connectivity index (χ4n) is 1.29. The first kappa shape index (κ1) is 11.9. The maximum atomic E-state index is 5.52. The van der Waals surface area contributed by atoms with Crippen molar-refractivity contribution in [3.8, 4) is 5.75 Å². The smallest absolute Gasteiger partial charge is 0.142 e. The van der Waals surface area contributed by atoms with Crippen molar-refractivity contribution in [3.05, 3.63) is 23.8 Å². The largest absolute Gasteiger partial charge is 0.495 e. The van der Waals surface area contributed by atoms with Crippen LogP contribution in [0.4, 0.5) is 5.69 Å². The van der Waals surface area contributed by atoms with Crippen molar-refractivity contribution in [2.45, 2.75) is 26.6 Å². The quantitative estimate of drug-likeness (QED) is 0.808. The van der Waals surface area contributed by atoms with Crippen LogP contribution in [0.25, 0.3) is 0 Å². The summed E-state index contributed by atoms with van der Waals surface area (Å²) in [6.07, 6.45) is 0.250. The van der Waals surface area contributed by atoms with Gasteiger partial charge in [-0.3, -0.25) is 0 Å². The molecule has 0 aliphatic heterocycles. The number of hydrogen-bond acceptors (Lipinski definition) is 3. The minimum atomic E-state index is 0.250. The Morgan fingerprint density at radius 3 is 2.60 bits per heavy atom. The number of anilines is 1. The van der Waals surface area contributed by atoms with Crippen molar-refractivity contribution in [1.29, 1.82) is 0 Å². The summed E-state index contributed by atoms with van der Waals surface area (Å²) in [6, 6.07) is 6.03. The van der Waals surface area contributed by atoms with Crippen LogP contribution in [0.5, 0.6) is 5.75 Å². The second-order valence-electron chi connectivity index (χ2n) is 3.64. The molecule has 84 valence electrons. The average molecular weight is 209 g/mol. The fraction of sp³-hybridized carbons (Fsp3) is 0.500. The lowest BCUT2D eigenvalue weighted by molar-refractivity contribution is 0.0656. The van der Waals surface area contributed by atoms with Gasteiger partial charge in [-0.05, 0) is 31.5 Å². The van der Waals surface area contributed by atoms with E-state index in [1.807, 2.05) is 39.1 Å². The molecule has 3 heteroatoms. The maximum absolute atomic E-state index is 5.52. The van der Waals surface area contributed by atoms with Crippen molar-refractivity contribution < 1.29 is 9.47 Å². The minimum Gasteiger partial charge on any atom is -0.495 e. The molecule has 1 N–H and O–H groups in total. The predicted octanol–water partition coefficient (Wildman–Crippen LogP) is 2.66. The van der Waals surface area contributed by atoms with Crippen molar-refractivity contribution in [3.63, 3.8) is 0 Å². The molecule has 15 heavy (non-hydrogen) atoms. The molecule has 0 aliphatic rings. The third-order valence-electron chi connectivity index (χ3n) is 2.12.